The summed E-state index contributed by atoms with van der Waals surface area (Å²) in [4.78, 5) is 28.4. The summed E-state index contributed by atoms with van der Waals surface area (Å²) in [5, 5.41) is 9.92. The van der Waals surface area contributed by atoms with Gasteiger partial charge in [0, 0.05) is 32.6 Å². The molecule has 0 radical (unpaired) electrons. The third-order valence-electron chi connectivity index (χ3n) is 7.11. The molecule has 0 N–H and O–H groups in total. The van der Waals surface area contributed by atoms with E-state index in [1.807, 2.05) is 63.2 Å². The fraction of sp³-hybridized carbons (Fsp3) is 0.500. The number of carbonyl (C=O) groups excluding carboxylic acids is 2. The van der Waals surface area contributed by atoms with Crippen LogP contribution in [0.2, 0.25) is 0 Å². The molecule has 2 aliphatic rings. The van der Waals surface area contributed by atoms with E-state index in [4.69, 9.17) is 14.2 Å². The summed E-state index contributed by atoms with van der Waals surface area (Å²) in [5.41, 5.74) is 2.15. The van der Waals surface area contributed by atoms with E-state index in [1.165, 1.54) is 5.56 Å². The molecule has 0 bridgehead atoms. The standard InChI is InChI=1S/C30H37N3O5/c1-29(2,3)38-28(35)32-16-12-30(22-31,13-17-32)14-18-36-26-10-9-24-11-15-33(20-25(24)19-26)27(34)37-21-23-7-5-4-6-8-23/h4-10,19H,11-18,20-21H2,1-3H3. The van der Waals surface area contributed by atoms with Gasteiger partial charge in [-0.25, -0.2) is 9.59 Å². The van der Waals surface area contributed by atoms with Gasteiger partial charge in [0.15, 0.2) is 0 Å². The molecule has 0 saturated carbocycles. The molecule has 1 saturated heterocycles. The number of nitrogens with zero attached hydrogens (tertiary/aromatic N) is 3. The van der Waals surface area contributed by atoms with Gasteiger partial charge in [-0.05, 0) is 68.9 Å². The number of nitriles is 1. The lowest BCUT2D eigenvalue weighted by Gasteiger charge is -2.37. The lowest BCUT2D eigenvalue weighted by atomic mass is 9.77. The first-order valence-corrected chi connectivity index (χ1v) is 13.3. The molecule has 202 valence electrons. The van der Waals surface area contributed by atoms with E-state index in [1.54, 1.807) is 9.80 Å². The molecule has 0 aliphatic carbocycles. The van der Waals surface area contributed by atoms with Crippen molar-refractivity contribution < 1.29 is 23.8 Å². The minimum Gasteiger partial charge on any atom is -0.494 e. The van der Waals surface area contributed by atoms with Crippen molar-refractivity contribution in [3.8, 4) is 11.8 Å². The Morgan fingerprint density at radius 3 is 2.39 bits per heavy atom. The highest BCUT2D eigenvalue weighted by Gasteiger charge is 2.37. The molecular formula is C30H37N3O5. The molecule has 2 aliphatic heterocycles. The van der Waals surface area contributed by atoms with E-state index in [9.17, 15) is 14.9 Å². The lowest BCUT2D eigenvalue weighted by molar-refractivity contribution is 0.0134. The summed E-state index contributed by atoms with van der Waals surface area (Å²) in [5.74, 6) is 0.725. The van der Waals surface area contributed by atoms with E-state index in [2.05, 4.69) is 12.1 Å². The summed E-state index contributed by atoms with van der Waals surface area (Å²) >= 11 is 0. The number of amides is 2. The number of hydrogen-bond donors (Lipinski definition) is 0. The lowest BCUT2D eigenvalue weighted by Crippen LogP contribution is -2.45. The number of rotatable bonds is 6. The molecule has 2 amide bonds. The van der Waals surface area contributed by atoms with Crippen molar-refractivity contribution in [1.29, 1.82) is 5.26 Å². The molecule has 1 fully saturated rings. The first kappa shape index (κ1) is 27.3. The van der Waals surface area contributed by atoms with Crippen LogP contribution in [0.3, 0.4) is 0 Å². The Morgan fingerprint density at radius 2 is 1.71 bits per heavy atom. The van der Waals surface area contributed by atoms with E-state index in [0.29, 0.717) is 52.0 Å². The Labute approximate surface area is 225 Å². The van der Waals surface area contributed by atoms with Crippen molar-refractivity contribution in [1.82, 2.24) is 9.80 Å². The SMILES string of the molecule is CC(C)(C)OC(=O)N1CCC(C#N)(CCOc2ccc3c(c2)CN(C(=O)OCc2ccccc2)CC3)CC1. The maximum atomic E-state index is 12.6. The van der Waals surface area contributed by atoms with Crippen molar-refractivity contribution in [3.05, 3.63) is 65.2 Å². The Kier molecular flexibility index (Phi) is 8.45. The largest absolute Gasteiger partial charge is 0.494 e. The van der Waals surface area contributed by atoms with Gasteiger partial charge in [-0.3, -0.25) is 0 Å². The van der Waals surface area contributed by atoms with Gasteiger partial charge in [0.1, 0.15) is 18.0 Å². The van der Waals surface area contributed by atoms with E-state index in [-0.39, 0.29) is 18.8 Å². The van der Waals surface area contributed by atoms with Gasteiger partial charge in [0.25, 0.3) is 0 Å². The Bertz CT molecular complexity index is 1160. The van der Waals surface area contributed by atoms with Gasteiger partial charge in [-0.2, -0.15) is 5.26 Å². The quantitative estimate of drug-likeness (QED) is 0.487. The predicted molar refractivity (Wildman–Crippen MR) is 142 cm³/mol. The molecule has 2 aromatic rings. The molecule has 0 spiro atoms. The highest BCUT2D eigenvalue weighted by Crippen LogP contribution is 2.35. The smallest absolute Gasteiger partial charge is 0.410 e. The fourth-order valence-corrected chi connectivity index (χ4v) is 4.82. The first-order valence-electron chi connectivity index (χ1n) is 13.3. The van der Waals surface area contributed by atoms with Crippen LogP contribution >= 0.6 is 0 Å². The molecule has 8 heteroatoms. The number of hydrogen-bond acceptors (Lipinski definition) is 6. The highest BCUT2D eigenvalue weighted by atomic mass is 16.6. The molecular weight excluding hydrogens is 482 g/mol. The maximum absolute atomic E-state index is 12.6. The van der Waals surface area contributed by atoms with Gasteiger partial charge in [0.05, 0.1) is 18.1 Å². The van der Waals surface area contributed by atoms with Crippen LogP contribution in [0.25, 0.3) is 0 Å². The van der Waals surface area contributed by atoms with Crippen LogP contribution < -0.4 is 4.74 Å². The van der Waals surface area contributed by atoms with Gasteiger partial charge in [0.2, 0.25) is 0 Å². The minimum absolute atomic E-state index is 0.252. The zero-order valence-corrected chi connectivity index (χ0v) is 22.6. The van der Waals surface area contributed by atoms with Crippen LogP contribution in [-0.4, -0.2) is 53.8 Å². The summed E-state index contributed by atoms with van der Waals surface area (Å²) in [6.07, 6.45) is 1.89. The molecule has 4 rings (SSSR count). The van der Waals surface area contributed by atoms with Crippen LogP contribution in [0, 0.1) is 16.7 Å². The topological polar surface area (TPSA) is 92.1 Å². The van der Waals surface area contributed by atoms with Gasteiger partial charge < -0.3 is 24.0 Å². The number of ether oxygens (including phenoxy) is 3. The number of likely N-dealkylation sites (tertiary alicyclic amines) is 1. The van der Waals surface area contributed by atoms with Crippen molar-refractivity contribution in [2.24, 2.45) is 5.41 Å². The van der Waals surface area contributed by atoms with Crippen LogP contribution in [0.1, 0.15) is 56.7 Å². The molecule has 0 atom stereocenters. The molecule has 8 nitrogen and oxygen atoms in total. The second kappa shape index (κ2) is 11.8. The Balaban J connectivity index is 1.26. The maximum Gasteiger partial charge on any atom is 0.410 e. The number of benzene rings is 2. The summed E-state index contributed by atoms with van der Waals surface area (Å²) < 4.78 is 17.0. The van der Waals surface area contributed by atoms with Crippen molar-refractivity contribution in [2.75, 3.05) is 26.2 Å². The average Bonchev–Trinajstić information content (AvgIpc) is 2.91. The third kappa shape index (κ3) is 7.18. The zero-order valence-electron chi connectivity index (χ0n) is 22.6. The van der Waals surface area contributed by atoms with Crippen LogP contribution in [-0.2, 0) is 29.0 Å². The van der Waals surface area contributed by atoms with Gasteiger partial charge in [-0.15, -0.1) is 0 Å². The van der Waals surface area contributed by atoms with Crippen molar-refractivity contribution >= 4 is 12.2 Å². The van der Waals surface area contributed by atoms with Crippen LogP contribution in [0.15, 0.2) is 48.5 Å². The second-order valence-corrected chi connectivity index (χ2v) is 11.1. The molecule has 2 heterocycles. The van der Waals surface area contributed by atoms with Crippen molar-refractivity contribution in [3.63, 3.8) is 0 Å². The van der Waals surface area contributed by atoms with Crippen LogP contribution in [0.5, 0.6) is 5.75 Å². The summed E-state index contributed by atoms with van der Waals surface area (Å²) in [6, 6.07) is 18.1. The average molecular weight is 520 g/mol. The van der Waals surface area contributed by atoms with Gasteiger partial charge in [-0.1, -0.05) is 36.4 Å². The van der Waals surface area contributed by atoms with E-state index in [0.717, 1.165) is 23.3 Å². The van der Waals surface area contributed by atoms with E-state index < -0.39 is 11.0 Å². The fourth-order valence-electron chi connectivity index (χ4n) is 4.82. The van der Waals surface area contributed by atoms with Crippen LogP contribution in [0.4, 0.5) is 9.59 Å². The Hall–Kier alpha value is -3.73. The van der Waals surface area contributed by atoms with Crippen molar-refractivity contribution in [2.45, 2.75) is 65.2 Å². The molecule has 2 aromatic carbocycles. The monoisotopic (exact) mass is 519 g/mol. The predicted octanol–water partition coefficient (Wildman–Crippen LogP) is 5.69. The number of fused-ring (bicyclic) bond motifs is 1. The molecule has 0 aromatic heterocycles. The zero-order chi connectivity index (χ0) is 27.2. The van der Waals surface area contributed by atoms with E-state index >= 15 is 0 Å². The van der Waals surface area contributed by atoms with Gasteiger partial charge >= 0.3 is 12.2 Å². The number of carbonyl (C=O) groups is 2. The normalized spacial score (nSPS) is 16.7. The summed E-state index contributed by atoms with van der Waals surface area (Å²) in [6.45, 7) is 8.29. The summed E-state index contributed by atoms with van der Waals surface area (Å²) in [7, 11) is 0. The highest BCUT2D eigenvalue weighted by molar-refractivity contribution is 5.68. The Morgan fingerprint density at radius 1 is 0.974 bits per heavy atom. The molecule has 38 heavy (non-hydrogen) atoms. The second-order valence-electron chi connectivity index (χ2n) is 11.1. The third-order valence-corrected chi connectivity index (χ3v) is 7.11. The minimum atomic E-state index is -0.539. The molecule has 0 unspecified atom stereocenters. The number of piperidine rings is 1. The first-order chi connectivity index (χ1) is 18.2.